The number of benzene rings is 1. The highest BCUT2D eigenvalue weighted by molar-refractivity contribution is 7.21. The molecular weight excluding hydrogens is 479 g/mol. The van der Waals surface area contributed by atoms with Crippen molar-refractivity contribution < 1.29 is 13.9 Å². The number of nitrogen functional groups attached to an aromatic ring is 1. The zero-order valence-electron chi connectivity index (χ0n) is 19.9. The summed E-state index contributed by atoms with van der Waals surface area (Å²) >= 11 is 1.27. The van der Waals surface area contributed by atoms with E-state index in [0.717, 1.165) is 34.6 Å². The normalized spacial score (nSPS) is 23.2. The topological polar surface area (TPSA) is 116 Å². The predicted molar refractivity (Wildman–Crippen MR) is 137 cm³/mol. The monoisotopic (exact) mass is 506 g/mol. The minimum atomic E-state index is -0.325. The Labute approximate surface area is 212 Å². The van der Waals surface area contributed by atoms with Crippen molar-refractivity contribution in [3.63, 3.8) is 0 Å². The van der Waals surface area contributed by atoms with Gasteiger partial charge in [-0.3, -0.25) is 4.79 Å². The molecule has 1 aromatic carbocycles. The number of fused-ring (bicyclic) bond motifs is 4. The summed E-state index contributed by atoms with van der Waals surface area (Å²) in [5, 5.41) is 17.2. The molecule has 2 saturated heterocycles. The molecule has 3 atom stereocenters. The molecule has 3 aliphatic rings. The number of halogens is 1. The lowest BCUT2D eigenvalue weighted by molar-refractivity contribution is -0.0484. The molecule has 3 unspecified atom stereocenters. The van der Waals surface area contributed by atoms with Gasteiger partial charge in [0.15, 0.2) is 0 Å². The van der Waals surface area contributed by atoms with Crippen LogP contribution in [0, 0.1) is 24.1 Å². The average Bonchev–Trinajstić information content (AvgIpc) is 3.19. The molecule has 8 nitrogen and oxygen atoms in total. The second-order valence-electron chi connectivity index (χ2n) is 9.83. The van der Waals surface area contributed by atoms with Gasteiger partial charge in [-0.2, -0.15) is 5.26 Å². The van der Waals surface area contributed by atoms with Crippen LogP contribution in [0.2, 0.25) is 0 Å². The number of thiophene rings is 1. The maximum atomic E-state index is 15.4. The number of pyridine rings is 1. The average molecular weight is 507 g/mol. The van der Waals surface area contributed by atoms with E-state index in [4.69, 9.17) is 10.5 Å². The first-order valence-electron chi connectivity index (χ1n) is 12.2. The number of hydrogen-bond acceptors (Lipinski definition) is 8. The second kappa shape index (κ2) is 9.00. The number of carbonyl (C=O) groups excluding carboxylic acids is 1. The Bertz CT molecular complexity index is 1400. The van der Waals surface area contributed by atoms with Crippen molar-refractivity contribution in [3.8, 4) is 6.07 Å². The summed E-state index contributed by atoms with van der Waals surface area (Å²) in [5.74, 6) is -0.596. The van der Waals surface area contributed by atoms with Crippen LogP contribution in [0.25, 0.3) is 10.2 Å². The van der Waals surface area contributed by atoms with Crippen molar-refractivity contribution in [1.82, 2.24) is 15.6 Å². The van der Waals surface area contributed by atoms with Crippen molar-refractivity contribution in [2.24, 2.45) is 0 Å². The van der Waals surface area contributed by atoms with E-state index in [2.05, 4.69) is 26.6 Å². The molecule has 6 rings (SSSR count). The quantitative estimate of drug-likeness (QED) is 0.500. The van der Waals surface area contributed by atoms with Crippen LogP contribution in [0.3, 0.4) is 0 Å². The Morgan fingerprint density at radius 1 is 1.33 bits per heavy atom. The van der Waals surface area contributed by atoms with Gasteiger partial charge in [0, 0.05) is 43.3 Å². The number of nitriles is 1. The summed E-state index contributed by atoms with van der Waals surface area (Å²) < 4.78 is 21.4. The lowest BCUT2D eigenvalue weighted by Gasteiger charge is -2.43. The van der Waals surface area contributed by atoms with Crippen LogP contribution in [-0.2, 0) is 17.6 Å². The van der Waals surface area contributed by atoms with Crippen molar-refractivity contribution >= 4 is 38.8 Å². The third-order valence-electron chi connectivity index (χ3n) is 7.37. The van der Waals surface area contributed by atoms with Gasteiger partial charge in [-0.25, -0.2) is 9.37 Å². The first-order chi connectivity index (χ1) is 17.4. The zero-order chi connectivity index (χ0) is 25.0. The van der Waals surface area contributed by atoms with E-state index in [1.807, 2.05) is 19.1 Å². The van der Waals surface area contributed by atoms with Gasteiger partial charge >= 0.3 is 0 Å². The fourth-order valence-electron chi connectivity index (χ4n) is 5.65. The molecule has 4 N–H and O–H groups in total. The Morgan fingerprint density at radius 2 is 2.11 bits per heavy atom. The van der Waals surface area contributed by atoms with Gasteiger partial charge in [0.25, 0.3) is 5.91 Å². The summed E-state index contributed by atoms with van der Waals surface area (Å²) in [6.45, 7) is 4.65. The first-order valence-corrected chi connectivity index (χ1v) is 13.0. The number of morpholine rings is 2. The summed E-state index contributed by atoms with van der Waals surface area (Å²) in [6.07, 6.45) is 1.54. The van der Waals surface area contributed by atoms with E-state index < -0.39 is 0 Å². The standard InChI is InChI=1S/C26H27FN6O2S/c1-13-2-4-18-23(29)24(36-26(18)31-13)25(34)32-14-3-5-17-19(6-14)21(27)7-22(20(17)8-28)33-11-15-9-30-10-16(12-33)35-15/h2,4,7,14-16,30H,3,5-6,9-12,29H2,1H3,(H,32,34). The smallest absolute Gasteiger partial charge is 0.263 e. The first kappa shape index (κ1) is 23.2. The van der Waals surface area contributed by atoms with Gasteiger partial charge in [0.05, 0.1) is 29.1 Å². The number of hydrogen-bond donors (Lipinski definition) is 3. The molecule has 4 heterocycles. The van der Waals surface area contributed by atoms with Gasteiger partial charge in [-0.15, -0.1) is 11.3 Å². The SMILES string of the molecule is Cc1ccc2c(N)c(C(=O)NC3CCc4c(C#N)c(N5CC6CNCC(C5)O6)cc(F)c4C3)sc2n1. The molecule has 1 amide bonds. The number of carbonyl (C=O) groups is 1. The minimum Gasteiger partial charge on any atom is -0.397 e. The largest absolute Gasteiger partial charge is 0.397 e. The molecule has 2 fully saturated rings. The highest BCUT2D eigenvalue weighted by Gasteiger charge is 2.34. The summed E-state index contributed by atoms with van der Waals surface area (Å²) in [6, 6.07) is 7.35. The van der Waals surface area contributed by atoms with Crippen LogP contribution < -0.4 is 21.3 Å². The Kier molecular flexibility index (Phi) is 5.79. The lowest BCUT2D eigenvalue weighted by Crippen LogP contribution is -2.58. The molecule has 10 heteroatoms. The highest BCUT2D eigenvalue weighted by atomic mass is 32.1. The summed E-state index contributed by atoms with van der Waals surface area (Å²) in [7, 11) is 0. The Balaban J connectivity index is 1.24. The molecule has 2 aromatic heterocycles. The number of anilines is 2. The lowest BCUT2D eigenvalue weighted by atomic mass is 9.84. The van der Waals surface area contributed by atoms with Crippen molar-refractivity contribution in [3.05, 3.63) is 51.3 Å². The molecular formula is C26H27FN6O2S. The summed E-state index contributed by atoms with van der Waals surface area (Å²) in [4.78, 5) is 20.8. The molecule has 2 bridgehead atoms. The molecule has 0 spiro atoms. The van der Waals surface area contributed by atoms with E-state index in [1.54, 1.807) is 0 Å². The molecule has 2 aliphatic heterocycles. The van der Waals surface area contributed by atoms with Crippen LogP contribution in [0.15, 0.2) is 18.2 Å². The van der Waals surface area contributed by atoms with Crippen molar-refractivity contribution in [1.29, 1.82) is 5.26 Å². The fraction of sp³-hybridized carbons (Fsp3) is 0.423. The molecule has 36 heavy (non-hydrogen) atoms. The number of nitrogens with zero attached hydrogens (tertiary/aromatic N) is 3. The van der Waals surface area contributed by atoms with Gasteiger partial charge in [-0.05, 0) is 55.5 Å². The van der Waals surface area contributed by atoms with Crippen molar-refractivity contribution in [2.75, 3.05) is 36.8 Å². The van der Waals surface area contributed by atoms with Gasteiger partial charge in [0.2, 0.25) is 0 Å². The van der Waals surface area contributed by atoms with Crippen LogP contribution in [0.5, 0.6) is 0 Å². The molecule has 3 aromatic rings. The maximum Gasteiger partial charge on any atom is 0.263 e. The van der Waals surface area contributed by atoms with Crippen LogP contribution in [0.4, 0.5) is 15.8 Å². The predicted octanol–water partition coefficient (Wildman–Crippen LogP) is 2.66. The van der Waals surface area contributed by atoms with Gasteiger partial charge in [0.1, 0.15) is 21.6 Å². The molecule has 0 radical (unpaired) electrons. The van der Waals surface area contributed by atoms with E-state index in [-0.39, 0.29) is 30.0 Å². The maximum absolute atomic E-state index is 15.4. The number of nitrogens with two attached hydrogens (primary N) is 1. The Morgan fingerprint density at radius 3 is 2.86 bits per heavy atom. The number of aromatic nitrogens is 1. The van der Waals surface area contributed by atoms with Crippen LogP contribution >= 0.6 is 11.3 Å². The summed E-state index contributed by atoms with van der Waals surface area (Å²) in [5.41, 5.74) is 10.00. The molecule has 0 saturated carbocycles. The number of rotatable bonds is 3. The van der Waals surface area contributed by atoms with E-state index in [9.17, 15) is 10.1 Å². The van der Waals surface area contributed by atoms with Crippen molar-refractivity contribution in [2.45, 2.75) is 44.4 Å². The van der Waals surface area contributed by atoms with Crippen LogP contribution in [0.1, 0.15) is 38.5 Å². The molecule has 186 valence electrons. The Hall–Kier alpha value is -3.26. The number of aryl methyl sites for hydroxylation is 1. The number of ether oxygens (including phenoxy) is 1. The van der Waals surface area contributed by atoms with E-state index >= 15 is 4.39 Å². The highest BCUT2D eigenvalue weighted by Crippen LogP contribution is 2.36. The number of nitrogens with one attached hydrogen (secondary N) is 2. The molecule has 1 aliphatic carbocycles. The van der Waals surface area contributed by atoms with E-state index in [1.165, 1.54) is 17.4 Å². The zero-order valence-corrected chi connectivity index (χ0v) is 20.8. The van der Waals surface area contributed by atoms with Gasteiger partial charge in [-0.1, -0.05) is 0 Å². The second-order valence-corrected chi connectivity index (χ2v) is 10.8. The van der Waals surface area contributed by atoms with Crippen LogP contribution in [-0.4, -0.2) is 55.3 Å². The fourth-order valence-corrected chi connectivity index (χ4v) is 6.69. The number of amides is 1. The third kappa shape index (κ3) is 3.97. The van der Waals surface area contributed by atoms with E-state index in [0.29, 0.717) is 59.7 Å². The minimum absolute atomic E-state index is 0.0307. The van der Waals surface area contributed by atoms with Gasteiger partial charge < -0.3 is 26.0 Å². The third-order valence-corrected chi connectivity index (χ3v) is 8.49.